The Kier molecular flexibility index (Phi) is 4.59. The van der Waals surface area contributed by atoms with Gasteiger partial charge in [0.05, 0.1) is 6.20 Å². The highest BCUT2D eigenvalue weighted by atomic mass is 16.2. The van der Waals surface area contributed by atoms with Crippen LogP contribution in [0.2, 0.25) is 0 Å². The van der Waals surface area contributed by atoms with Gasteiger partial charge in [0.25, 0.3) is 0 Å². The molecule has 0 radical (unpaired) electrons. The van der Waals surface area contributed by atoms with Crippen LogP contribution in [-0.4, -0.2) is 55.2 Å². The first-order chi connectivity index (χ1) is 11.6. The number of carbonyl (C=O) groups excluding carboxylic acids is 3. The molecule has 1 fully saturated rings. The number of nitrogens with zero attached hydrogens (tertiary/aromatic N) is 5. The van der Waals surface area contributed by atoms with E-state index in [9.17, 15) is 14.4 Å². The Morgan fingerprint density at radius 3 is 2.62 bits per heavy atom. The Hall–Kier alpha value is -3.10. The summed E-state index contributed by atoms with van der Waals surface area (Å²) in [4.78, 5) is 48.3. The normalized spacial score (nSPS) is 14.2. The lowest BCUT2D eigenvalue weighted by atomic mass is 10.4. The molecule has 0 bridgehead atoms. The van der Waals surface area contributed by atoms with Gasteiger partial charge in [-0.1, -0.05) is 0 Å². The van der Waals surface area contributed by atoms with Gasteiger partial charge in [-0.25, -0.2) is 9.97 Å². The summed E-state index contributed by atoms with van der Waals surface area (Å²) in [6.07, 6.45) is 8.57. The van der Waals surface area contributed by atoms with Crippen LogP contribution < -0.4 is 5.32 Å². The minimum Gasteiger partial charge on any atom is -0.353 e. The minimum absolute atomic E-state index is 0.183. The highest BCUT2D eigenvalue weighted by Crippen LogP contribution is 2.12. The maximum Gasteiger partial charge on any atom is 0.240 e. The molecule has 0 unspecified atom stereocenters. The Morgan fingerprint density at radius 2 is 1.92 bits per heavy atom. The predicted octanol–water partition coefficient (Wildman–Crippen LogP) is -0.395. The van der Waals surface area contributed by atoms with Crippen molar-refractivity contribution in [2.45, 2.75) is 19.4 Å². The number of nitrogens with one attached hydrogen (secondary N) is 1. The fraction of sp³-hybridized carbons (Fsp3) is 0.333. The molecule has 1 saturated heterocycles. The zero-order valence-corrected chi connectivity index (χ0v) is 12.9. The zero-order chi connectivity index (χ0) is 16.9. The van der Waals surface area contributed by atoms with Crippen molar-refractivity contribution < 1.29 is 14.4 Å². The maximum absolute atomic E-state index is 11.9. The summed E-state index contributed by atoms with van der Waals surface area (Å²) >= 11 is 0. The number of rotatable bonds is 6. The van der Waals surface area contributed by atoms with E-state index in [1.165, 1.54) is 0 Å². The van der Waals surface area contributed by atoms with Crippen LogP contribution >= 0.6 is 0 Å². The largest absolute Gasteiger partial charge is 0.353 e. The molecule has 0 aromatic carbocycles. The van der Waals surface area contributed by atoms with E-state index in [2.05, 4.69) is 20.3 Å². The number of amides is 3. The molecule has 3 heterocycles. The first-order valence-electron chi connectivity index (χ1n) is 7.52. The number of carbonyl (C=O) groups is 3. The van der Waals surface area contributed by atoms with Crippen molar-refractivity contribution in [2.24, 2.45) is 0 Å². The summed E-state index contributed by atoms with van der Waals surface area (Å²) in [6.45, 7) is 0.608. The van der Waals surface area contributed by atoms with Crippen molar-refractivity contribution in [3.63, 3.8) is 0 Å². The van der Waals surface area contributed by atoms with E-state index < -0.39 is 0 Å². The Labute approximate surface area is 137 Å². The second kappa shape index (κ2) is 6.99. The maximum atomic E-state index is 11.9. The molecular formula is C15H16N6O3. The van der Waals surface area contributed by atoms with E-state index in [0.29, 0.717) is 24.6 Å². The van der Waals surface area contributed by atoms with Gasteiger partial charge in [-0.2, -0.15) is 0 Å². The lowest BCUT2D eigenvalue weighted by molar-refractivity contribution is -0.142. The van der Waals surface area contributed by atoms with Gasteiger partial charge in [0.2, 0.25) is 17.7 Å². The van der Waals surface area contributed by atoms with E-state index in [0.717, 1.165) is 4.90 Å². The smallest absolute Gasteiger partial charge is 0.240 e. The third-order valence-corrected chi connectivity index (χ3v) is 3.64. The van der Waals surface area contributed by atoms with Gasteiger partial charge in [0.1, 0.15) is 12.2 Å². The predicted molar refractivity (Wildman–Crippen MR) is 82.2 cm³/mol. The molecule has 1 N–H and O–H groups in total. The van der Waals surface area contributed by atoms with Crippen LogP contribution in [0.1, 0.15) is 12.8 Å². The van der Waals surface area contributed by atoms with Gasteiger partial charge < -0.3 is 9.88 Å². The highest BCUT2D eigenvalue weighted by molar-refractivity contribution is 6.04. The number of hydrogen-bond acceptors (Lipinski definition) is 6. The zero-order valence-electron chi connectivity index (χ0n) is 12.9. The van der Waals surface area contributed by atoms with Crippen molar-refractivity contribution in [1.82, 2.24) is 29.7 Å². The number of aromatic nitrogens is 4. The van der Waals surface area contributed by atoms with Crippen LogP contribution in [0, 0.1) is 0 Å². The van der Waals surface area contributed by atoms with Gasteiger partial charge in [0.15, 0.2) is 5.82 Å². The topological polar surface area (TPSA) is 110 Å². The summed E-state index contributed by atoms with van der Waals surface area (Å²) < 4.78 is 1.84. The number of imide groups is 1. The molecule has 1 aliphatic rings. The SMILES string of the molecule is O=C(CN1C(=O)CCC1=O)NCCn1ccnc1-c1cnccn1. The molecular weight excluding hydrogens is 312 g/mol. The molecule has 0 saturated carbocycles. The molecule has 3 rings (SSSR count). The third kappa shape index (κ3) is 3.45. The molecule has 0 spiro atoms. The van der Waals surface area contributed by atoms with Crippen LogP contribution in [0.5, 0.6) is 0 Å². The van der Waals surface area contributed by atoms with Crippen LogP contribution in [-0.2, 0) is 20.9 Å². The monoisotopic (exact) mass is 328 g/mol. The van der Waals surface area contributed by atoms with E-state index in [1.54, 1.807) is 31.0 Å². The molecule has 3 amide bonds. The summed E-state index contributed by atoms with van der Waals surface area (Å²) in [5.74, 6) is -0.300. The summed E-state index contributed by atoms with van der Waals surface area (Å²) in [7, 11) is 0. The molecule has 9 nitrogen and oxygen atoms in total. The van der Waals surface area contributed by atoms with Gasteiger partial charge in [-0.3, -0.25) is 24.3 Å². The fourth-order valence-electron chi connectivity index (χ4n) is 2.45. The number of likely N-dealkylation sites (tertiary alicyclic amines) is 1. The number of hydrogen-bond donors (Lipinski definition) is 1. The average molecular weight is 328 g/mol. The molecule has 9 heteroatoms. The van der Waals surface area contributed by atoms with Crippen LogP contribution in [0.3, 0.4) is 0 Å². The average Bonchev–Trinajstić information content (AvgIpc) is 3.17. The molecule has 1 aliphatic heterocycles. The first-order valence-corrected chi connectivity index (χ1v) is 7.52. The quantitative estimate of drug-likeness (QED) is 0.723. The van der Waals surface area contributed by atoms with Gasteiger partial charge in [0, 0.05) is 50.7 Å². The van der Waals surface area contributed by atoms with Crippen LogP contribution in [0.15, 0.2) is 31.0 Å². The summed E-state index contributed by atoms with van der Waals surface area (Å²) in [5.41, 5.74) is 0.641. The van der Waals surface area contributed by atoms with E-state index in [1.807, 2.05) is 4.57 Å². The van der Waals surface area contributed by atoms with Crippen molar-refractivity contribution in [1.29, 1.82) is 0 Å². The minimum atomic E-state index is -0.361. The molecule has 0 atom stereocenters. The number of imidazole rings is 1. The molecule has 124 valence electrons. The first kappa shape index (κ1) is 15.8. The standard InChI is InChI=1S/C15H16N6O3/c22-12(10-21-13(23)1-2-14(21)24)18-5-7-20-8-6-19-15(20)11-9-16-3-4-17-11/h3-4,6,8-9H,1-2,5,7,10H2,(H,18,22). The van der Waals surface area contributed by atoms with Gasteiger partial charge in [-0.05, 0) is 0 Å². The highest BCUT2D eigenvalue weighted by Gasteiger charge is 2.30. The van der Waals surface area contributed by atoms with E-state index in [-0.39, 0.29) is 37.1 Å². The van der Waals surface area contributed by atoms with Crippen molar-refractivity contribution in [3.05, 3.63) is 31.0 Å². The fourth-order valence-corrected chi connectivity index (χ4v) is 2.45. The molecule has 0 aliphatic carbocycles. The van der Waals surface area contributed by atoms with Gasteiger partial charge in [-0.15, -0.1) is 0 Å². The molecule has 2 aromatic rings. The van der Waals surface area contributed by atoms with Gasteiger partial charge >= 0.3 is 0 Å². The second-order valence-electron chi connectivity index (χ2n) is 5.26. The molecule has 2 aromatic heterocycles. The van der Waals surface area contributed by atoms with Crippen molar-refractivity contribution >= 4 is 17.7 Å². The van der Waals surface area contributed by atoms with Crippen molar-refractivity contribution in [3.8, 4) is 11.5 Å². The van der Waals surface area contributed by atoms with E-state index >= 15 is 0 Å². The summed E-state index contributed by atoms with van der Waals surface area (Å²) in [5, 5.41) is 2.70. The lowest BCUT2D eigenvalue weighted by Crippen LogP contribution is -2.40. The summed E-state index contributed by atoms with van der Waals surface area (Å²) in [6, 6.07) is 0. The van der Waals surface area contributed by atoms with E-state index in [4.69, 9.17) is 0 Å². The Balaban J connectivity index is 1.52. The molecule has 24 heavy (non-hydrogen) atoms. The van der Waals surface area contributed by atoms with Crippen molar-refractivity contribution in [2.75, 3.05) is 13.1 Å². The van der Waals surface area contributed by atoms with Crippen LogP contribution in [0.25, 0.3) is 11.5 Å². The van der Waals surface area contributed by atoms with Crippen LogP contribution in [0.4, 0.5) is 0 Å². The Bertz CT molecular complexity index is 742. The lowest BCUT2D eigenvalue weighted by Gasteiger charge is -2.14. The second-order valence-corrected chi connectivity index (χ2v) is 5.26. The third-order valence-electron chi connectivity index (χ3n) is 3.64. The Morgan fingerprint density at radius 1 is 1.12 bits per heavy atom.